The van der Waals surface area contributed by atoms with E-state index in [9.17, 15) is 0 Å². The van der Waals surface area contributed by atoms with E-state index in [1.54, 1.807) is 0 Å². The zero-order valence-electron chi connectivity index (χ0n) is 22.1. The van der Waals surface area contributed by atoms with Crippen molar-refractivity contribution in [3.63, 3.8) is 0 Å². The van der Waals surface area contributed by atoms with Gasteiger partial charge in [-0.25, -0.2) is 0 Å². The smallest absolute Gasteiger partial charge is 0.343 e. The second-order valence-corrected chi connectivity index (χ2v) is 9.56. The van der Waals surface area contributed by atoms with Gasteiger partial charge in [-0.1, -0.05) is 107 Å². The average Bonchev–Trinajstić information content (AvgIpc) is 2.62. The quantitative estimate of drug-likeness (QED) is 0.207. The monoisotopic (exact) mass is 444 g/mol. The summed E-state index contributed by atoms with van der Waals surface area (Å²) in [7, 11) is 0. The Balaban J connectivity index is -0.0000000873. The minimum atomic E-state index is 0. The van der Waals surface area contributed by atoms with Crippen LogP contribution >= 0.6 is 0 Å². The molecule has 0 N–H and O–H groups in total. The van der Waals surface area contributed by atoms with E-state index in [4.69, 9.17) is 0 Å². The zero-order chi connectivity index (χ0) is 22.8. The van der Waals surface area contributed by atoms with Crippen molar-refractivity contribution in [2.24, 2.45) is 23.7 Å². The molecule has 0 spiro atoms. The van der Waals surface area contributed by atoms with Gasteiger partial charge < -0.3 is 27.7 Å². The molecule has 0 rings (SSSR count). The number of rotatable bonds is 12. The van der Waals surface area contributed by atoms with E-state index in [0.29, 0.717) is 0 Å². The molecule has 0 bridgehead atoms. The van der Waals surface area contributed by atoms with Gasteiger partial charge in [0.25, 0.3) is 0 Å². The SMILES string of the molecule is [CH2-]CCCC(C)C.[CH2-]CCCC(C)C.[CH2-]CCCC(C)C.[CH2-]CCCC(C)C.[Ti+4]. The van der Waals surface area contributed by atoms with Crippen LogP contribution in [-0.2, 0) is 21.7 Å². The molecule has 0 aliphatic carbocycles. The normalized spacial score (nSPS) is 9.93. The molecule has 0 aromatic heterocycles. The minimum Gasteiger partial charge on any atom is -0.343 e. The molecule has 0 heterocycles. The van der Waals surface area contributed by atoms with E-state index in [0.717, 1.165) is 49.4 Å². The van der Waals surface area contributed by atoms with Crippen molar-refractivity contribution in [1.82, 2.24) is 0 Å². The van der Waals surface area contributed by atoms with Gasteiger partial charge in [-0.15, -0.1) is 0 Å². The fourth-order valence-corrected chi connectivity index (χ4v) is 2.21. The van der Waals surface area contributed by atoms with Crippen LogP contribution in [0.1, 0.15) is 132 Å². The molecule has 0 atom stereocenters. The van der Waals surface area contributed by atoms with Crippen LogP contribution in [0, 0.1) is 51.4 Å². The molecule has 29 heavy (non-hydrogen) atoms. The third kappa shape index (κ3) is 73.4. The molecule has 0 amide bonds. The van der Waals surface area contributed by atoms with Crippen molar-refractivity contribution in [3.05, 3.63) is 27.7 Å². The first-order valence-electron chi connectivity index (χ1n) is 12.3. The van der Waals surface area contributed by atoms with E-state index in [1.807, 2.05) is 0 Å². The van der Waals surface area contributed by atoms with E-state index >= 15 is 0 Å². The molecule has 176 valence electrons. The van der Waals surface area contributed by atoms with Crippen molar-refractivity contribution >= 4 is 0 Å². The molecule has 0 aromatic rings. The second kappa shape index (κ2) is 36.1. The molecule has 0 nitrogen and oxygen atoms in total. The molecule has 0 aromatic carbocycles. The van der Waals surface area contributed by atoms with Crippen molar-refractivity contribution in [2.75, 3.05) is 0 Å². The molecule has 0 unspecified atom stereocenters. The largest absolute Gasteiger partial charge is 4.00 e. The Morgan fingerprint density at radius 3 is 0.552 bits per heavy atom. The molecular formula is C28H60Ti. The van der Waals surface area contributed by atoms with Crippen LogP contribution in [0.25, 0.3) is 0 Å². The van der Waals surface area contributed by atoms with E-state index < -0.39 is 0 Å². The second-order valence-electron chi connectivity index (χ2n) is 9.56. The fourth-order valence-electron chi connectivity index (χ4n) is 2.21. The van der Waals surface area contributed by atoms with Crippen LogP contribution in [0.15, 0.2) is 0 Å². The van der Waals surface area contributed by atoms with Crippen LogP contribution in [0.2, 0.25) is 0 Å². The summed E-state index contributed by atoms with van der Waals surface area (Å²) in [5.74, 6) is 3.45. The van der Waals surface area contributed by atoms with Crippen LogP contribution in [-0.4, -0.2) is 0 Å². The Kier molecular flexibility index (Phi) is 49.9. The summed E-state index contributed by atoms with van der Waals surface area (Å²) in [6.45, 7) is 33.0. The maximum absolute atomic E-state index is 3.76. The first-order chi connectivity index (χ1) is 13.1. The van der Waals surface area contributed by atoms with Gasteiger partial charge in [-0.05, 0) is 23.7 Å². The van der Waals surface area contributed by atoms with Gasteiger partial charge in [-0.3, -0.25) is 0 Å². The number of unbranched alkanes of at least 4 members (excludes halogenated alkanes) is 4. The van der Waals surface area contributed by atoms with Crippen molar-refractivity contribution < 1.29 is 21.7 Å². The van der Waals surface area contributed by atoms with Gasteiger partial charge in [0.05, 0.1) is 0 Å². The molecule has 1 heteroatoms. The van der Waals surface area contributed by atoms with Crippen LogP contribution < -0.4 is 0 Å². The Bertz CT molecular complexity index is 170. The molecular weight excluding hydrogens is 384 g/mol. The fraction of sp³-hybridized carbons (Fsp3) is 0.857. The maximum Gasteiger partial charge on any atom is 4.00 e. The number of hydrogen-bond acceptors (Lipinski definition) is 0. The van der Waals surface area contributed by atoms with Gasteiger partial charge in [0, 0.05) is 0 Å². The predicted octanol–water partition coefficient (Wildman–Crippen LogP) is 10.6. The van der Waals surface area contributed by atoms with Gasteiger partial charge in [0.15, 0.2) is 0 Å². The van der Waals surface area contributed by atoms with Gasteiger partial charge >= 0.3 is 21.7 Å². The van der Waals surface area contributed by atoms with Gasteiger partial charge in [-0.2, -0.15) is 25.7 Å². The Morgan fingerprint density at radius 2 is 0.517 bits per heavy atom. The molecule has 0 radical (unpaired) electrons. The first kappa shape index (κ1) is 40.1. The maximum atomic E-state index is 3.76. The van der Waals surface area contributed by atoms with Crippen LogP contribution in [0.3, 0.4) is 0 Å². The van der Waals surface area contributed by atoms with Crippen molar-refractivity contribution in [2.45, 2.75) is 132 Å². The van der Waals surface area contributed by atoms with Crippen molar-refractivity contribution in [3.8, 4) is 0 Å². The summed E-state index contributed by atoms with van der Waals surface area (Å²) in [4.78, 5) is 0. The number of hydrogen-bond donors (Lipinski definition) is 0. The predicted molar refractivity (Wildman–Crippen MR) is 136 cm³/mol. The van der Waals surface area contributed by atoms with Crippen LogP contribution in [0.4, 0.5) is 0 Å². The first-order valence-corrected chi connectivity index (χ1v) is 12.3. The van der Waals surface area contributed by atoms with E-state index in [2.05, 4.69) is 83.1 Å². The molecule has 0 aliphatic rings. The summed E-state index contributed by atoms with van der Waals surface area (Å²) in [6, 6.07) is 0. The average molecular weight is 445 g/mol. The summed E-state index contributed by atoms with van der Waals surface area (Å²) in [5.41, 5.74) is 0. The molecule has 0 aliphatic heterocycles. The van der Waals surface area contributed by atoms with Crippen LogP contribution in [0.5, 0.6) is 0 Å². The summed E-state index contributed by atoms with van der Waals surface area (Å²) < 4.78 is 0. The summed E-state index contributed by atoms with van der Waals surface area (Å²) >= 11 is 0. The Hall–Kier alpha value is 0.714. The minimum absolute atomic E-state index is 0. The third-order valence-electron chi connectivity index (χ3n) is 4.13. The molecule has 0 fully saturated rings. The molecule has 0 saturated heterocycles. The third-order valence-corrected chi connectivity index (χ3v) is 4.13. The van der Waals surface area contributed by atoms with E-state index in [-0.39, 0.29) is 21.7 Å². The van der Waals surface area contributed by atoms with Gasteiger partial charge in [0.1, 0.15) is 0 Å². The van der Waals surface area contributed by atoms with Crippen molar-refractivity contribution in [1.29, 1.82) is 0 Å². The zero-order valence-corrected chi connectivity index (χ0v) is 23.7. The summed E-state index contributed by atoms with van der Waals surface area (Å²) in [5, 5.41) is 0. The Morgan fingerprint density at radius 1 is 0.379 bits per heavy atom. The van der Waals surface area contributed by atoms with Gasteiger partial charge in [0.2, 0.25) is 0 Å². The molecule has 0 saturated carbocycles. The van der Waals surface area contributed by atoms with E-state index in [1.165, 1.54) is 51.4 Å². The topological polar surface area (TPSA) is 0 Å². The summed E-state index contributed by atoms with van der Waals surface area (Å²) in [6.07, 6.45) is 14.9. The Labute approximate surface area is 205 Å². The standard InChI is InChI=1S/4C7H15.Ti/c4*1-4-5-6-7(2)3;/h4*7H,1,4-6H2,2-3H3;/q4*-1;+4.